The van der Waals surface area contributed by atoms with Gasteiger partial charge in [0.05, 0.1) is 4.88 Å². The summed E-state index contributed by atoms with van der Waals surface area (Å²) in [4.78, 5) is 39.2. The van der Waals surface area contributed by atoms with E-state index in [0.29, 0.717) is 16.9 Å². The molecule has 6 nitrogen and oxygen atoms in total. The van der Waals surface area contributed by atoms with Gasteiger partial charge in [-0.05, 0) is 36.2 Å². The number of benzene rings is 1. The lowest BCUT2D eigenvalue weighted by Gasteiger charge is -2.15. The van der Waals surface area contributed by atoms with E-state index in [1.807, 2.05) is 25.1 Å². The van der Waals surface area contributed by atoms with Gasteiger partial charge in [0.15, 0.2) is 0 Å². The third-order valence-electron chi connectivity index (χ3n) is 3.93. The van der Waals surface area contributed by atoms with Crippen LogP contribution in [0, 0.1) is 0 Å². The number of nitrogens with one attached hydrogen (secondary N) is 2. The van der Waals surface area contributed by atoms with Gasteiger partial charge in [-0.15, -0.1) is 11.3 Å². The van der Waals surface area contributed by atoms with Gasteiger partial charge in [-0.25, -0.2) is 0 Å². The fourth-order valence-corrected chi connectivity index (χ4v) is 3.42. The maximum absolute atomic E-state index is 12.3. The summed E-state index contributed by atoms with van der Waals surface area (Å²) in [5, 5.41) is 5.27. The van der Waals surface area contributed by atoms with Crippen LogP contribution in [0.15, 0.2) is 36.4 Å². The Morgan fingerprint density at radius 3 is 2.27 bits per heavy atom. The van der Waals surface area contributed by atoms with E-state index in [0.717, 1.165) is 10.4 Å². The van der Waals surface area contributed by atoms with Crippen molar-refractivity contribution in [1.82, 2.24) is 15.5 Å². The first-order valence-corrected chi connectivity index (χ1v) is 9.13. The smallest absolute Gasteiger partial charge is 0.263 e. The minimum Gasteiger partial charge on any atom is -0.357 e. The van der Waals surface area contributed by atoms with Crippen LogP contribution in [0.2, 0.25) is 0 Å². The van der Waals surface area contributed by atoms with Crippen LogP contribution in [0.3, 0.4) is 0 Å². The van der Waals surface area contributed by atoms with Gasteiger partial charge in [0.1, 0.15) is 6.04 Å². The highest BCUT2D eigenvalue weighted by Gasteiger charge is 2.18. The molecule has 0 aliphatic heterocycles. The monoisotopic (exact) mass is 373 g/mol. The van der Waals surface area contributed by atoms with E-state index in [1.165, 1.54) is 11.3 Å². The van der Waals surface area contributed by atoms with Crippen LogP contribution in [0.1, 0.15) is 33.4 Å². The predicted octanol–water partition coefficient (Wildman–Crippen LogP) is 2.37. The van der Waals surface area contributed by atoms with Crippen molar-refractivity contribution in [3.63, 3.8) is 0 Å². The first-order chi connectivity index (χ1) is 12.4. The number of nitrogens with zero attached hydrogens (tertiary/aromatic N) is 1. The second-order valence-electron chi connectivity index (χ2n) is 5.99. The summed E-state index contributed by atoms with van der Waals surface area (Å²) in [6, 6.07) is 10.3. The summed E-state index contributed by atoms with van der Waals surface area (Å²) in [5.41, 5.74) is 1.42. The van der Waals surface area contributed by atoms with Crippen LogP contribution in [0.25, 0.3) is 10.4 Å². The molecule has 2 rings (SSSR count). The molecule has 3 amide bonds. The zero-order valence-corrected chi connectivity index (χ0v) is 16.1. The Kier molecular flexibility index (Phi) is 6.52. The van der Waals surface area contributed by atoms with E-state index in [4.69, 9.17) is 0 Å². The Balaban J connectivity index is 2.12. The fourth-order valence-electron chi connectivity index (χ4n) is 2.38. The molecular weight excluding hydrogens is 350 g/mol. The SMILES string of the molecule is CC[C@H](NC(=O)c1ccc(-c2ccc(C(=O)N(C)C)s2)cc1)C(=O)NC. The lowest BCUT2D eigenvalue weighted by Crippen LogP contribution is -2.45. The molecule has 0 unspecified atom stereocenters. The Hall–Kier alpha value is -2.67. The third-order valence-corrected chi connectivity index (χ3v) is 5.05. The molecule has 0 saturated carbocycles. The highest BCUT2D eigenvalue weighted by atomic mass is 32.1. The summed E-state index contributed by atoms with van der Waals surface area (Å²) in [7, 11) is 4.98. The van der Waals surface area contributed by atoms with Crippen LogP contribution in [0.4, 0.5) is 0 Å². The molecule has 26 heavy (non-hydrogen) atoms. The molecule has 1 aromatic heterocycles. The Morgan fingerprint density at radius 2 is 1.73 bits per heavy atom. The second-order valence-corrected chi connectivity index (χ2v) is 7.07. The van der Waals surface area contributed by atoms with Crippen LogP contribution < -0.4 is 10.6 Å². The van der Waals surface area contributed by atoms with Crippen LogP contribution in [0.5, 0.6) is 0 Å². The van der Waals surface area contributed by atoms with E-state index in [9.17, 15) is 14.4 Å². The molecule has 2 aromatic rings. The fraction of sp³-hybridized carbons (Fsp3) is 0.316. The number of likely N-dealkylation sites (N-methyl/N-ethyl adjacent to an activating group) is 1. The van der Waals surface area contributed by atoms with Gasteiger partial charge in [-0.1, -0.05) is 19.1 Å². The van der Waals surface area contributed by atoms with Gasteiger partial charge in [-0.3, -0.25) is 14.4 Å². The van der Waals surface area contributed by atoms with Crippen molar-refractivity contribution >= 4 is 29.1 Å². The van der Waals surface area contributed by atoms with Crippen molar-refractivity contribution < 1.29 is 14.4 Å². The van der Waals surface area contributed by atoms with Gasteiger partial charge < -0.3 is 15.5 Å². The summed E-state index contributed by atoms with van der Waals surface area (Å²) >= 11 is 1.41. The van der Waals surface area contributed by atoms with Crippen LogP contribution >= 0.6 is 11.3 Å². The van der Waals surface area contributed by atoms with Gasteiger partial charge in [0, 0.05) is 31.6 Å². The van der Waals surface area contributed by atoms with Gasteiger partial charge in [0.2, 0.25) is 5.91 Å². The molecule has 2 N–H and O–H groups in total. The zero-order chi connectivity index (χ0) is 19.3. The first kappa shape index (κ1) is 19.7. The number of thiophene rings is 1. The average Bonchev–Trinajstić information content (AvgIpc) is 3.14. The highest BCUT2D eigenvalue weighted by molar-refractivity contribution is 7.17. The number of hydrogen-bond acceptors (Lipinski definition) is 4. The van der Waals surface area contributed by atoms with Crippen molar-refractivity contribution in [2.45, 2.75) is 19.4 Å². The quantitative estimate of drug-likeness (QED) is 0.816. The molecule has 0 saturated heterocycles. The Morgan fingerprint density at radius 1 is 1.08 bits per heavy atom. The minimum absolute atomic E-state index is 0.0305. The Labute approximate surface area is 157 Å². The minimum atomic E-state index is -0.552. The summed E-state index contributed by atoms with van der Waals surface area (Å²) in [6.45, 7) is 1.84. The van der Waals surface area contributed by atoms with Gasteiger partial charge >= 0.3 is 0 Å². The molecule has 0 aliphatic carbocycles. The third kappa shape index (κ3) is 4.49. The average molecular weight is 373 g/mol. The van der Waals surface area contributed by atoms with E-state index >= 15 is 0 Å². The molecule has 0 radical (unpaired) electrons. The van der Waals surface area contributed by atoms with Gasteiger partial charge in [-0.2, -0.15) is 0 Å². The summed E-state index contributed by atoms with van der Waals surface area (Å²) in [5.74, 6) is -0.534. The van der Waals surface area contributed by atoms with Crippen molar-refractivity contribution in [2.24, 2.45) is 0 Å². The normalized spacial score (nSPS) is 11.5. The topological polar surface area (TPSA) is 78.5 Å². The molecule has 0 bridgehead atoms. The summed E-state index contributed by atoms with van der Waals surface area (Å²) in [6.07, 6.45) is 0.515. The number of carbonyl (C=O) groups excluding carboxylic acids is 3. The molecule has 0 aliphatic rings. The molecule has 1 heterocycles. The van der Waals surface area contributed by atoms with E-state index < -0.39 is 6.04 Å². The van der Waals surface area contributed by atoms with Crippen molar-refractivity contribution in [2.75, 3.05) is 21.1 Å². The van der Waals surface area contributed by atoms with Crippen LogP contribution in [-0.2, 0) is 4.79 Å². The number of rotatable bonds is 6. The lowest BCUT2D eigenvalue weighted by molar-refractivity contribution is -0.122. The molecule has 0 fully saturated rings. The summed E-state index contributed by atoms with van der Waals surface area (Å²) < 4.78 is 0. The first-order valence-electron chi connectivity index (χ1n) is 8.31. The van der Waals surface area contributed by atoms with Crippen molar-refractivity contribution in [3.05, 3.63) is 46.8 Å². The largest absolute Gasteiger partial charge is 0.357 e. The van der Waals surface area contributed by atoms with E-state index in [-0.39, 0.29) is 17.7 Å². The maximum Gasteiger partial charge on any atom is 0.263 e. The predicted molar refractivity (Wildman–Crippen MR) is 103 cm³/mol. The molecule has 1 atom stereocenters. The molecule has 0 spiro atoms. The van der Waals surface area contributed by atoms with E-state index in [2.05, 4.69) is 10.6 Å². The molecule has 1 aromatic carbocycles. The number of hydrogen-bond donors (Lipinski definition) is 2. The maximum atomic E-state index is 12.3. The van der Waals surface area contributed by atoms with Crippen molar-refractivity contribution in [1.29, 1.82) is 0 Å². The van der Waals surface area contributed by atoms with Gasteiger partial charge in [0.25, 0.3) is 11.8 Å². The van der Waals surface area contributed by atoms with Crippen LogP contribution in [-0.4, -0.2) is 49.8 Å². The van der Waals surface area contributed by atoms with Crippen molar-refractivity contribution in [3.8, 4) is 10.4 Å². The number of carbonyl (C=O) groups is 3. The molecule has 138 valence electrons. The standard InChI is InChI=1S/C19H23N3O3S/c1-5-14(18(24)20-2)21-17(23)13-8-6-12(7-9-13)15-10-11-16(26-15)19(25)22(3)4/h6-11,14H,5H2,1-4H3,(H,20,24)(H,21,23)/t14-/m0/s1. The Bertz CT molecular complexity index is 797. The second kappa shape index (κ2) is 8.62. The highest BCUT2D eigenvalue weighted by Crippen LogP contribution is 2.28. The molecular formula is C19H23N3O3S. The number of amides is 3. The lowest BCUT2D eigenvalue weighted by atomic mass is 10.1. The molecule has 7 heteroatoms. The van der Waals surface area contributed by atoms with E-state index in [1.54, 1.807) is 44.2 Å². The zero-order valence-electron chi connectivity index (χ0n) is 15.3.